The molecular weight excluding hydrogens is 224 g/mol. The lowest BCUT2D eigenvalue weighted by Gasteiger charge is -2.09. The van der Waals surface area contributed by atoms with Crippen molar-refractivity contribution < 1.29 is 0 Å². The van der Waals surface area contributed by atoms with Gasteiger partial charge < -0.3 is 11.1 Å². The number of nitrogens with one attached hydrogen (secondary N) is 1. The van der Waals surface area contributed by atoms with Crippen LogP contribution in [-0.2, 0) is 6.54 Å². The van der Waals surface area contributed by atoms with Crippen LogP contribution in [-0.4, -0.2) is 4.98 Å². The van der Waals surface area contributed by atoms with Crippen molar-refractivity contribution in [3.8, 4) is 6.07 Å². The van der Waals surface area contributed by atoms with Gasteiger partial charge in [0.1, 0.15) is 5.82 Å². The van der Waals surface area contributed by atoms with E-state index < -0.39 is 0 Å². The summed E-state index contributed by atoms with van der Waals surface area (Å²) in [6.07, 6.45) is 1.63. The van der Waals surface area contributed by atoms with Crippen LogP contribution in [0.15, 0.2) is 36.5 Å². The highest BCUT2D eigenvalue weighted by Gasteiger charge is 2.01. The van der Waals surface area contributed by atoms with Crippen LogP contribution in [0.2, 0.25) is 0 Å². The van der Waals surface area contributed by atoms with Gasteiger partial charge in [-0.1, -0.05) is 12.1 Å². The van der Waals surface area contributed by atoms with Crippen LogP contribution in [0.25, 0.3) is 0 Å². The van der Waals surface area contributed by atoms with E-state index in [1.807, 2.05) is 31.2 Å². The molecular formula is C14H14N4. The van der Waals surface area contributed by atoms with E-state index in [1.54, 1.807) is 12.3 Å². The number of nitriles is 1. The summed E-state index contributed by atoms with van der Waals surface area (Å²) in [7, 11) is 0. The summed E-state index contributed by atoms with van der Waals surface area (Å²) >= 11 is 0. The first-order valence-corrected chi connectivity index (χ1v) is 5.64. The monoisotopic (exact) mass is 238 g/mol. The zero-order valence-electron chi connectivity index (χ0n) is 10.1. The van der Waals surface area contributed by atoms with Crippen molar-refractivity contribution >= 4 is 11.5 Å². The summed E-state index contributed by atoms with van der Waals surface area (Å²) < 4.78 is 0. The number of anilines is 2. The van der Waals surface area contributed by atoms with Gasteiger partial charge in [-0.3, -0.25) is 0 Å². The second kappa shape index (κ2) is 5.19. The van der Waals surface area contributed by atoms with Crippen LogP contribution in [0.4, 0.5) is 11.5 Å². The minimum Gasteiger partial charge on any atom is -0.397 e. The number of aryl methyl sites for hydroxylation is 1. The molecule has 0 spiro atoms. The van der Waals surface area contributed by atoms with Gasteiger partial charge in [-0.2, -0.15) is 5.26 Å². The second-order valence-electron chi connectivity index (χ2n) is 4.10. The van der Waals surface area contributed by atoms with E-state index in [-0.39, 0.29) is 0 Å². The van der Waals surface area contributed by atoms with Crippen LogP contribution in [0.3, 0.4) is 0 Å². The average molecular weight is 238 g/mol. The van der Waals surface area contributed by atoms with E-state index in [4.69, 9.17) is 11.0 Å². The molecule has 4 nitrogen and oxygen atoms in total. The summed E-state index contributed by atoms with van der Waals surface area (Å²) in [5.74, 6) is 0.812. The number of nitrogens with zero attached hydrogens (tertiary/aromatic N) is 2. The number of hydrogen-bond donors (Lipinski definition) is 2. The molecule has 0 saturated heterocycles. The highest BCUT2D eigenvalue weighted by Crippen LogP contribution is 2.15. The van der Waals surface area contributed by atoms with Crippen LogP contribution in [0.1, 0.15) is 16.7 Å². The third kappa shape index (κ3) is 2.77. The molecule has 90 valence electrons. The van der Waals surface area contributed by atoms with Gasteiger partial charge in [0.2, 0.25) is 0 Å². The number of benzene rings is 1. The smallest absolute Gasteiger partial charge is 0.129 e. The van der Waals surface area contributed by atoms with Crippen molar-refractivity contribution in [3.05, 3.63) is 53.2 Å². The van der Waals surface area contributed by atoms with Crippen molar-refractivity contribution in [1.29, 1.82) is 5.26 Å². The molecule has 0 unspecified atom stereocenters. The lowest BCUT2D eigenvalue weighted by molar-refractivity contribution is 1.10. The fourth-order valence-electron chi connectivity index (χ4n) is 1.72. The second-order valence-corrected chi connectivity index (χ2v) is 4.10. The number of rotatable bonds is 3. The van der Waals surface area contributed by atoms with E-state index in [0.717, 1.165) is 16.9 Å². The maximum atomic E-state index is 8.83. The first-order valence-electron chi connectivity index (χ1n) is 5.64. The molecule has 0 aliphatic carbocycles. The molecule has 0 saturated carbocycles. The van der Waals surface area contributed by atoms with Crippen molar-refractivity contribution in [2.24, 2.45) is 0 Å². The Labute approximate surface area is 106 Å². The Balaban J connectivity index is 2.09. The van der Waals surface area contributed by atoms with Gasteiger partial charge in [0.25, 0.3) is 0 Å². The Bertz CT molecular complexity index is 599. The molecule has 0 amide bonds. The van der Waals surface area contributed by atoms with E-state index in [0.29, 0.717) is 17.8 Å². The molecule has 0 atom stereocenters. The predicted octanol–water partition coefficient (Wildman–Crippen LogP) is 2.46. The molecule has 3 N–H and O–H groups in total. The van der Waals surface area contributed by atoms with Crippen LogP contribution in [0.5, 0.6) is 0 Å². The number of nitrogen functional groups attached to an aromatic ring is 1. The van der Waals surface area contributed by atoms with Crippen molar-refractivity contribution in [2.45, 2.75) is 13.5 Å². The molecule has 0 aliphatic rings. The van der Waals surface area contributed by atoms with Gasteiger partial charge in [-0.15, -0.1) is 0 Å². The Hall–Kier alpha value is -2.54. The number of aromatic nitrogens is 1. The summed E-state index contributed by atoms with van der Waals surface area (Å²) in [4.78, 5) is 4.23. The number of pyridine rings is 1. The highest BCUT2D eigenvalue weighted by molar-refractivity contribution is 5.51. The van der Waals surface area contributed by atoms with Crippen molar-refractivity contribution in [1.82, 2.24) is 4.98 Å². The third-order valence-corrected chi connectivity index (χ3v) is 2.62. The van der Waals surface area contributed by atoms with Gasteiger partial charge in [0.15, 0.2) is 0 Å². The fourth-order valence-corrected chi connectivity index (χ4v) is 1.72. The normalized spacial score (nSPS) is 9.78. The average Bonchev–Trinajstić information content (AvgIpc) is 2.38. The summed E-state index contributed by atoms with van der Waals surface area (Å²) in [5, 5.41) is 12.1. The number of hydrogen-bond acceptors (Lipinski definition) is 4. The maximum Gasteiger partial charge on any atom is 0.129 e. The van der Waals surface area contributed by atoms with E-state index in [1.165, 1.54) is 0 Å². The van der Waals surface area contributed by atoms with Gasteiger partial charge >= 0.3 is 0 Å². The van der Waals surface area contributed by atoms with Gasteiger partial charge in [0, 0.05) is 6.54 Å². The molecule has 2 rings (SSSR count). The van der Waals surface area contributed by atoms with E-state index in [2.05, 4.69) is 16.4 Å². The minimum absolute atomic E-state index is 0.632. The van der Waals surface area contributed by atoms with Crippen molar-refractivity contribution in [2.75, 3.05) is 11.1 Å². The Morgan fingerprint density at radius 3 is 2.94 bits per heavy atom. The molecule has 0 radical (unpaired) electrons. The zero-order valence-corrected chi connectivity index (χ0v) is 10.1. The molecule has 0 fully saturated rings. The molecule has 4 heteroatoms. The molecule has 0 bridgehead atoms. The standard InChI is InChI=1S/C14H14N4/c1-10-5-13(16)9-18-14(10)17-8-12-4-2-3-11(6-12)7-15/h2-6,9H,8,16H2,1H3,(H,17,18). The molecule has 18 heavy (non-hydrogen) atoms. The molecule has 1 aromatic carbocycles. The van der Waals surface area contributed by atoms with Gasteiger partial charge in [-0.25, -0.2) is 4.98 Å². The first-order chi connectivity index (χ1) is 8.69. The summed E-state index contributed by atoms with van der Waals surface area (Å²) in [6.45, 7) is 2.59. The van der Waals surface area contributed by atoms with E-state index in [9.17, 15) is 0 Å². The Morgan fingerprint density at radius 2 is 2.22 bits per heavy atom. The number of nitrogens with two attached hydrogens (primary N) is 1. The van der Waals surface area contributed by atoms with Crippen LogP contribution >= 0.6 is 0 Å². The molecule has 1 aromatic heterocycles. The van der Waals surface area contributed by atoms with Crippen LogP contribution in [0, 0.1) is 18.3 Å². The minimum atomic E-state index is 0.632. The van der Waals surface area contributed by atoms with E-state index >= 15 is 0 Å². The fraction of sp³-hybridized carbons (Fsp3) is 0.143. The lowest BCUT2D eigenvalue weighted by Crippen LogP contribution is -2.04. The van der Waals surface area contributed by atoms with Crippen molar-refractivity contribution in [3.63, 3.8) is 0 Å². The third-order valence-electron chi connectivity index (χ3n) is 2.62. The lowest BCUT2D eigenvalue weighted by atomic mass is 10.1. The summed E-state index contributed by atoms with van der Waals surface area (Å²) in [5.41, 5.74) is 9.02. The van der Waals surface area contributed by atoms with Gasteiger partial charge in [-0.05, 0) is 36.2 Å². The Morgan fingerprint density at radius 1 is 1.39 bits per heavy atom. The maximum absolute atomic E-state index is 8.83. The highest BCUT2D eigenvalue weighted by atomic mass is 15.0. The SMILES string of the molecule is Cc1cc(N)cnc1NCc1cccc(C#N)c1. The quantitative estimate of drug-likeness (QED) is 0.861. The zero-order chi connectivity index (χ0) is 13.0. The van der Waals surface area contributed by atoms with Gasteiger partial charge in [0.05, 0.1) is 23.5 Å². The van der Waals surface area contributed by atoms with Crippen LogP contribution < -0.4 is 11.1 Å². The first kappa shape index (κ1) is 11.9. The molecule has 2 aromatic rings. The molecule has 0 aliphatic heterocycles. The molecule has 1 heterocycles. The summed E-state index contributed by atoms with van der Waals surface area (Å²) in [6, 6.07) is 11.5. The largest absolute Gasteiger partial charge is 0.397 e. The topological polar surface area (TPSA) is 74.7 Å². The predicted molar refractivity (Wildman–Crippen MR) is 71.9 cm³/mol. The Kier molecular flexibility index (Phi) is 3.44.